The third-order valence-electron chi connectivity index (χ3n) is 4.08. The summed E-state index contributed by atoms with van der Waals surface area (Å²) in [5.41, 5.74) is -0.771. The second-order valence-corrected chi connectivity index (χ2v) is 8.05. The lowest BCUT2D eigenvalue weighted by Gasteiger charge is -2.38. The van der Waals surface area contributed by atoms with Gasteiger partial charge in [-0.2, -0.15) is 13.2 Å². The smallest absolute Gasteiger partial charge is 0.409 e. The molecular weight excluding hydrogens is 432 g/mol. The van der Waals surface area contributed by atoms with Crippen LogP contribution in [-0.2, 0) is 20.4 Å². The molecule has 154 valence electrons. The first kappa shape index (κ1) is 22.1. The van der Waals surface area contributed by atoms with Crippen molar-refractivity contribution >= 4 is 46.0 Å². The lowest BCUT2D eigenvalue weighted by molar-refractivity contribution is -0.179. The SMILES string of the molecule is CC(C(=O)O)S(=O)c1cc(N2C(=O)CC(C(F)(F)F)N(C)C2=O)c(F)cc1Cl. The fraction of sp³-hybridized carbons (Fsp3) is 0.400. The van der Waals surface area contributed by atoms with Crippen molar-refractivity contribution in [2.75, 3.05) is 11.9 Å². The largest absolute Gasteiger partial charge is 0.480 e. The van der Waals surface area contributed by atoms with E-state index in [4.69, 9.17) is 16.7 Å². The van der Waals surface area contributed by atoms with E-state index >= 15 is 0 Å². The van der Waals surface area contributed by atoms with Crippen molar-refractivity contribution in [2.24, 2.45) is 0 Å². The molecule has 3 amide bonds. The van der Waals surface area contributed by atoms with Gasteiger partial charge in [-0.05, 0) is 19.1 Å². The van der Waals surface area contributed by atoms with Crippen molar-refractivity contribution in [1.29, 1.82) is 0 Å². The number of carboxylic acid groups (broad SMARTS) is 1. The average molecular weight is 445 g/mol. The van der Waals surface area contributed by atoms with Crippen LogP contribution in [0.5, 0.6) is 0 Å². The fourth-order valence-corrected chi connectivity index (χ4v) is 3.91. The predicted molar refractivity (Wildman–Crippen MR) is 90.0 cm³/mol. The van der Waals surface area contributed by atoms with E-state index < -0.39 is 69.1 Å². The van der Waals surface area contributed by atoms with E-state index in [0.29, 0.717) is 6.07 Å². The van der Waals surface area contributed by atoms with Crippen molar-refractivity contribution in [2.45, 2.75) is 35.7 Å². The number of carbonyl (C=O) groups excluding carboxylic acids is 2. The lowest BCUT2D eigenvalue weighted by atomic mass is 10.1. The summed E-state index contributed by atoms with van der Waals surface area (Å²) in [5, 5.41) is 7.08. The van der Waals surface area contributed by atoms with Crippen LogP contribution in [0.4, 0.5) is 28.0 Å². The summed E-state index contributed by atoms with van der Waals surface area (Å²) in [5.74, 6) is -4.00. The number of hydrogen-bond acceptors (Lipinski definition) is 4. The zero-order valence-corrected chi connectivity index (χ0v) is 15.9. The van der Waals surface area contributed by atoms with Gasteiger partial charge in [0.05, 0.1) is 32.8 Å². The minimum absolute atomic E-state index is 0.181. The molecule has 0 aliphatic carbocycles. The Morgan fingerprint density at radius 1 is 1.36 bits per heavy atom. The number of anilines is 1. The minimum Gasteiger partial charge on any atom is -0.480 e. The minimum atomic E-state index is -4.87. The normalized spacial score (nSPS) is 20.3. The van der Waals surface area contributed by atoms with Crippen LogP contribution >= 0.6 is 11.6 Å². The highest BCUT2D eigenvalue weighted by molar-refractivity contribution is 7.86. The molecular formula is C15H13ClF4N2O5S. The first-order valence-electron chi connectivity index (χ1n) is 7.56. The fourth-order valence-electron chi connectivity index (χ4n) is 2.49. The maximum absolute atomic E-state index is 14.4. The van der Waals surface area contributed by atoms with Gasteiger partial charge in [0, 0.05) is 7.05 Å². The molecule has 1 aliphatic heterocycles. The van der Waals surface area contributed by atoms with Gasteiger partial charge in [-0.1, -0.05) is 11.6 Å². The quantitative estimate of drug-likeness (QED) is 0.721. The van der Waals surface area contributed by atoms with Crippen LogP contribution in [0, 0.1) is 5.82 Å². The summed E-state index contributed by atoms with van der Waals surface area (Å²) < 4.78 is 65.6. The molecule has 1 aliphatic rings. The third-order valence-corrected chi connectivity index (χ3v) is 6.12. The van der Waals surface area contributed by atoms with Gasteiger partial charge in [-0.25, -0.2) is 14.1 Å². The molecule has 3 unspecified atom stereocenters. The Labute approximate surface area is 163 Å². The molecule has 0 radical (unpaired) electrons. The molecule has 7 nitrogen and oxygen atoms in total. The van der Waals surface area contributed by atoms with Crippen molar-refractivity contribution in [3.8, 4) is 0 Å². The van der Waals surface area contributed by atoms with E-state index in [1.807, 2.05) is 0 Å². The summed E-state index contributed by atoms with van der Waals surface area (Å²) in [4.78, 5) is 35.5. The molecule has 1 saturated heterocycles. The molecule has 0 aromatic heterocycles. The Morgan fingerprint density at radius 2 is 1.93 bits per heavy atom. The number of hydrogen-bond donors (Lipinski definition) is 1. The number of benzene rings is 1. The molecule has 3 atom stereocenters. The van der Waals surface area contributed by atoms with Gasteiger partial charge in [0.15, 0.2) is 0 Å². The second kappa shape index (κ2) is 7.66. The molecule has 0 saturated carbocycles. The number of aliphatic carboxylic acids is 1. The maximum atomic E-state index is 14.4. The van der Waals surface area contributed by atoms with Gasteiger partial charge in [-0.3, -0.25) is 13.8 Å². The van der Waals surface area contributed by atoms with Crippen LogP contribution in [0.3, 0.4) is 0 Å². The molecule has 1 N–H and O–H groups in total. The number of alkyl halides is 3. The van der Waals surface area contributed by atoms with Crippen molar-refractivity contribution in [3.63, 3.8) is 0 Å². The van der Waals surface area contributed by atoms with E-state index in [2.05, 4.69) is 0 Å². The Morgan fingerprint density at radius 3 is 2.43 bits per heavy atom. The number of nitrogens with zero attached hydrogens (tertiary/aromatic N) is 2. The number of halogens is 5. The van der Waals surface area contributed by atoms with Gasteiger partial charge >= 0.3 is 18.2 Å². The van der Waals surface area contributed by atoms with Crippen LogP contribution in [0.2, 0.25) is 5.02 Å². The topological polar surface area (TPSA) is 95.0 Å². The predicted octanol–water partition coefficient (Wildman–Crippen LogP) is 2.78. The number of carboxylic acids is 1. The molecule has 0 bridgehead atoms. The summed E-state index contributed by atoms with van der Waals surface area (Å²) >= 11 is 5.79. The first-order chi connectivity index (χ1) is 12.8. The Kier molecular flexibility index (Phi) is 6.04. The zero-order valence-electron chi connectivity index (χ0n) is 14.3. The van der Waals surface area contributed by atoms with E-state index in [-0.39, 0.29) is 14.7 Å². The number of urea groups is 1. The van der Waals surface area contributed by atoms with Gasteiger partial charge in [0.2, 0.25) is 5.91 Å². The summed E-state index contributed by atoms with van der Waals surface area (Å²) in [6.07, 6.45) is -6.01. The third kappa shape index (κ3) is 3.97. The van der Waals surface area contributed by atoms with Crippen molar-refractivity contribution in [1.82, 2.24) is 4.90 Å². The maximum Gasteiger partial charge on any atom is 0.409 e. The zero-order chi connectivity index (χ0) is 21.5. The van der Waals surface area contributed by atoms with Gasteiger partial charge in [0.25, 0.3) is 0 Å². The highest BCUT2D eigenvalue weighted by atomic mass is 35.5. The molecule has 1 fully saturated rings. The van der Waals surface area contributed by atoms with Crippen LogP contribution in [-0.4, -0.2) is 56.6 Å². The monoisotopic (exact) mass is 444 g/mol. The number of amides is 3. The van der Waals surface area contributed by atoms with E-state index in [0.717, 1.165) is 20.0 Å². The highest BCUT2D eigenvalue weighted by Crippen LogP contribution is 2.36. The number of carbonyl (C=O) groups is 3. The Hall–Kier alpha value is -2.21. The summed E-state index contributed by atoms with van der Waals surface area (Å²) in [6.45, 7) is 1.09. The van der Waals surface area contributed by atoms with Crippen molar-refractivity contribution < 1.29 is 41.3 Å². The van der Waals surface area contributed by atoms with Gasteiger partial charge in [-0.15, -0.1) is 0 Å². The Bertz CT molecular complexity index is 879. The summed E-state index contributed by atoms with van der Waals surface area (Å²) in [7, 11) is -1.48. The van der Waals surface area contributed by atoms with Crippen LogP contribution in [0.25, 0.3) is 0 Å². The number of rotatable bonds is 4. The lowest BCUT2D eigenvalue weighted by Crippen LogP contribution is -2.60. The molecule has 28 heavy (non-hydrogen) atoms. The summed E-state index contributed by atoms with van der Waals surface area (Å²) in [6, 6.07) is -2.48. The molecule has 1 aromatic rings. The van der Waals surface area contributed by atoms with Gasteiger partial charge < -0.3 is 10.0 Å². The van der Waals surface area contributed by atoms with Crippen LogP contribution < -0.4 is 4.90 Å². The highest BCUT2D eigenvalue weighted by Gasteiger charge is 2.51. The van der Waals surface area contributed by atoms with Crippen LogP contribution in [0.1, 0.15) is 13.3 Å². The second-order valence-electron chi connectivity index (χ2n) is 5.90. The molecule has 1 aromatic carbocycles. The van der Waals surface area contributed by atoms with Crippen molar-refractivity contribution in [3.05, 3.63) is 23.0 Å². The molecule has 2 rings (SSSR count). The molecule has 0 spiro atoms. The van der Waals surface area contributed by atoms with E-state index in [1.165, 1.54) is 0 Å². The number of imide groups is 1. The molecule has 1 heterocycles. The Balaban J connectivity index is 2.52. The standard InChI is InChI=1S/C15H13ClF4N2O5S/c1-6(13(24)25)28(27)10-4-9(8(17)3-7(10)16)22-12(23)5-11(15(18,19)20)21(2)14(22)26/h3-4,6,11H,5H2,1-2H3,(H,24,25). The van der Waals surface area contributed by atoms with E-state index in [9.17, 15) is 36.2 Å². The van der Waals surface area contributed by atoms with E-state index in [1.54, 1.807) is 0 Å². The average Bonchev–Trinajstić information content (AvgIpc) is 2.57. The van der Waals surface area contributed by atoms with Crippen LogP contribution in [0.15, 0.2) is 17.0 Å². The molecule has 13 heteroatoms. The first-order valence-corrected chi connectivity index (χ1v) is 9.15. The van der Waals surface area contributed by atoms with Gasteiger partial charge in [0.1, 0.15) is 17.1 Å².